The number of H-pyrrole nitrogens is 1. The number of aromatic nitrogens is 1. The van der Waals surface area contributed by atoms with Gasteiger partial charge in [-0.2, -0.15) is 0 Å². The molecule has 4 rings (SSSR count). The largest absolute Gasteiger partial charge is 0.357 e. The molecule has 4 heteroatoms. The number of benzene rings is 2. The Balaban J connectivity index is 1.97. The van der Waals surface area contributed by atoms with Crippen molar-refractivity contribution >= 4 is 22.5 Å². The second-order valence-corrected chi connectivity index (χ2v) is 5.92. The Hall–Kier alpha value is -1.87. The summed E-state index contributed by atoms with van der Waals surface area (Å²) in [6, 6.07) is 15.0. The zero-order valence-corrected chi connectivity index (χ0v) is 11.8. The zero-order valence-electron chi connectivity index (χ0n) is 11.0. The number of aromatic amines is 1. The number of hydrogen-bond acceptors (Lipinski definition) is 0. The summed E-state index contributed by atoms with van der Waals surface area (Å²) in [7, 11) is 0. The molecule has 0 spiro atoms. The van der Waals surface area contributed by atoms with E-state index >= 15 is 0 Å². The predicted molar refractivity (Wildman–Crippen MR) is 81.0 cm³/mol. The number of nitrogens with one attached hydrogen (secondary N) is 1. The second-order valence-electron chi connectivity index (χ2n) is 5.48. The van der Waals surface area contributed by atoms with Gasteiger partial charge in [0.25, 0.3) is 5.92 Å². The molecule has 1 N–H and O–H groups in total. The lowest BCUT2D eigenvalue weighted by atomic mass is 10.00. The van der Waals surface area contributed by atoms with Crippen molar-refractivity contribution in [2.24, 2.45) is 0 Å². The first-order valence-corrected chi connectivity index (χ1v) is 7.18. The van der Waals surface area contributed by atoms with E-state index in [1.54, 1.807) is 12.1 Å². The molecule has 1 aromatic heterocycles. The monoisotopic (exact) mass is 303 g/mol. The molecule has 1 aliphatic carbocycles. The smallest absolute Gasteiger partial charge is 0.257 e. The Bertz CT molecular complexity index is 820. The van der Waals surface area contributed by atoms with E-state index in [0.29, 0.717) is 10.7 Å². The van der Waals surface area contributed by atoms with Crippen LogP contribution in [-0.2, 0) is 0 Å². The molecule has 2 aromatic carbocycles. The first kappa shape index (κ1) is 12.8. The third-order valence-electron chi connectivity index (χ3n) is 4.04. The van der Waals surface area contributed by atoms with E-state index in [4.69, 9.17) is 11.6 Å². The van der Waals surface area contributed by atoms with Crippen molar-refractivity contribution in [3.8, 4) is 11.1 Å². The first-order valence-electron chi connectivity index (χ1n) is 6.80. The Morgan fingerprint density at radius 3 is 2.38 bits per heavy atom. The van der Waals surface area contributed by atoms with E-state index in [-0.39, 0.29) is 6.42 Å². The molecule has 1 fully saturated rings. The molecule has 0 aliphatic heterocycles. The molecule has 3 aromatic rings. The van der Waals surface area contributed by atoms with Gasteiger partial charge in [-0.05, 0) is 23.8 Å². The van der Waals surface area contributed by atoms with Crippen LogP contribution in [0.3, 0.4) is 0 Å². The van der Waals surface area contributed by atoms with Gasteiger partial charge in [-0.3, -0.25) is 0 Å². The number of fused-ring (bicyclic) bond motifs is 1. The average Bonchev–Trinajstić information content (AvgIpc) is 2.95. The van der Waals surface area contributed by atoms with Crippen LogP contribution in [0.1, 0.15) is 18.0 Å². The lowest BCUT2D eigenvalue weighted by Gasteiger charge is -2.05. The molecular formula is C17H12ClF2N. The van der Waals surface area contributed by atoms with E-state index < -0.39 is 11.8 Å². The first-order chi connectivity index (χ1) is 10.1. The summed E-state index contributed by atoms with van der Waals surface area (Å²) in [5, 5.41) is 1.61. The van der Waals surface area contributed by atoms with Gasteiger partial charge in [-0.15, -0.1) is 0 Å². The maximum atomic E-state index is 13.5. The van der Waals surface area contributed by atoms with Crippen molar-refractivity contribution < 1.29 is 8.78 Å². The molecule has 21 heavy (non-hydrogen) atoms. The normalized spacial score (nSPS) is 19.9. The minimum atomic E-state index is -2.60. The van der Waals surface area contributed by atoms with Crippen molar-refractivity contribution in [2.45, 2.75) is 18.3 Å². The van der Waals surface area contributed by atoms with Gasteiger partial charge in [0.15, 0.2) is 0 Å². The Morgan fingerprint density at radius 2 is 1.71 bits per heavy atom. The van der Waals surface area contributed by atoms with Crippen LogP contribution < -0.4 is 0 Å². The predicted octanol–water partition coefficient (Wildman–Crippen LogP) is 5.61. The molecule has 1 aliphatic rings. The molecule has 1 heterocycles. The fourth-order valence-corrected chi connectivity index (χ4v) is 3.00. The molecule has 0 radical (unpaired) electrons. The quantitative estimate of drug-likeness (QED) is 0.633. The summed E-state index contributed by atoms with van der Waals surface area (Å²) >= 11 is 5.92. The van der Waals surface area contributed by atoms with Gasteiger partial charge in [0.1, 0.15) is 0 Å². The molecule has 1 unspecified atom stereocenters. The van der Waals surface area contributed by atoms with Crippen LogP contribution in [0.4, 0.5) is 8.78 Å². The summed E-state index contributed by atoms with van der Waals surface area (Å²) in [5.41, 5.74) is 3.29. The van der Waals surface area contributed by atoms with Gasteiger partial charge in [-0.1, -0.05) is 41.9 Å². The van der Waals surface area contributed by atoms with Crippen LogP contribution in [0.15, 0.2) is 48.5 Å². The minimum absolute atomic E-state index is 0.0829. The molecule has 1 saturated carbocycles. The maximum Gasteiger partial charge on any atom is 0.257 e. The van der Waals surface area contributed by atoms with Gasteiger partial charge < -0.3 is 4.98 Å². The van der Waals surface area contributed by atoms with E-state index in [0.717, 1.165) is 22.0 Å². The lowest BCUT2D eigenvalue weighted by molar-refractivity contribution is 0.111. The summed E-state index contributed by atoms with van der Waals surface area (Å²) in [5.74, 6) is -3.31. The Morgan fingerprint density at radius 1 is 1.05 bits per heavy atom. The van der Waals surface area contributed by atoms with Crippen LogP contribution >= 0.6 is 11.6 Å². The van der Waals surface area contributed by atoms with Crippen LogP contribution in [0, 0.1) is 0 Å². The number of hydrogen-bond donors (Lipinski definition) is 1. The van der Waals surface area contributed by atoms with Gasteiger partial charge in [0.2, 0.25) is 0 Å². The Labute approximate surface area is 125 Å². The molecule has 0 amide bonds. The molecule has 1 nitrogen and oxygen atoms in total. The summed E-state index contributed by atoms with van der Waals surface area (Å²) < 4.78 is 27.1. The standard InChI is InChI=1S/C17H12ClF2N/c18-11-7-5-10(6-8-11)15-12-3-1-2-4-14(12)21-16(15)13-9-17(13,19)20/h1-8,13,21H,9H2. The molecule has 106 valence electrons. The highest BCUT2D eigenvalue weighted by molar-refractivity contribution is 6.30. The highest BCUT2D eigenvalue weighted by Crippen LogP contribution is 2.58. The highest BCUT2D eigenvalue weighted by atomic mass is 35.5. The van der Waals surface area contributed by atoms with Gasteiger partial charge in [0.05, 0.1) is 5.92 Å². The van der Waals surface area contributed by atoms with E-state index in [1.165, 1.54) is 0 Å². The third kappa shape index (κ3) is 2.04. The summed E-state index contributed by atoms with van der Waals surface area (Å²) in [6.07, 6.45) is -0.0829. The van der Waals surface area contributed by atoms with E-state index in [9.17, 15) is 8.78 Å². The third-order valence-corrected chi connectivity index (χ3v) is 4.29. The van der Waals surface area contributed by atoms with Crippen LogP contribution in [0.2, 0.25) is 5.02 Å². The van der Waals surface area contributed by atoms with Crippen LogP contribution in [0.5, 0.6) is 0 Å². The maximum absolute atomic E-state index is 13.5. The number of rotatable bonds is 2. The Kier molecular flexibility index (Phi) is 2.64. The SMILES string of the molecule is FC1(F)CC1c1[nH]c2ccccc2c1-c1ccc(Cl)cc1. The average molecular weight is 304 g/mol. The topological polar surface area (TPSA) is 15.8 Å². The van der Waals surface area contributed by atoms with Crippen LogP contribution in [0.25, 0.3) is 22.0 Å². The summed E-state index contributed by atoms with van der Waals surface area (Å²) in [6.45, 7) is 0. The molecule has 0 bridgehead atoms. The fourth-order valence-electron chi connectivity index (χ4n) is 2.88. The van der Waals surface area contributed by atoms with Gasteiger partial charge in [0, 0.05) is 33.6 Å². The minimum Gasteiger partial charge on any atom is -0.357 e. The number of alkyl halides is 2. The van der Waals surface area contributed by atoms with Crippen molar-refractivity contribution in [1.82, 2.24) is 4.98 Å². The number of halogens is 3. The molecule has 1 atom stereocenters. The van der Waals surface area contributed by atoms with Crippen LogP contribution in [-0.4, -0.2) is 10.9 Å². The van der Waals surface area contributed by atoms with Gasteiger partial charge >= 0.3 is 0 Å². The summed E-state index contributed by atoms with van der Waals surface area (Å²) in [4.78, 5) is 3.18. The van der Waals surface area contributed by atoms with E-state index in [2.05, 4.69) is 4.98 Å². The second kappa shape index (κ2) is 4.31. The van der Waals surface area contributed by atoms with Crippen molar-refractivity contribution in [2.75, 3.05) is 0 Å². The molecule has 0 saturated heterocycles. The van der Waals surface area contributed by atoms with Gasteiger partial charge in [-0.25, -0.2) is 8.78 Å². The van der Waals surface area contributed by atoms with Crippen molar-refractivity contribution in [3.63, 3.8) is 0 Å². The lowest BCUT2D eigenvalue weighted by Crippen LogP contribution is -1.95. The van der Waals surface area contributed by atoms with Crippen molar-refractivity contribution in [1.29, 1.82) is 0 Å². The molecular weight excluding hydrogens is 292 g/mol. The zero-order chi connectivity index (χ0) is 14.6. The number of para-hydroxylation sites is 1. The van der Waals surface area contributed by atoms with Crippen molar-refractivity contribution in [3.05, 3.63) is 59.2 Å². The van der Waals surface area contributed by atoms with E-state index in [1.807, 2.05) is 36.4 Å². The highest BCUT2D eigenvalue weighted by Gasteiger charge is 2.59. The fraction of sp³-hybridized carbons (Fsp3) is 0.176.